The van der Waals surface area contributed by atoms with Gasteiger partial charge in [0.25, 0.3) is 0 Å². The number of rotatable bonds is 4. The van der Waals surface area contributed by atoms with Crippen LogP contribution in [0.15, 0.2) is 6.20 Å². The van der Waals surface area contributed by atoms with Crippen molar-refractivity contribution in [3.63, 3.8) is 0 Å². The third-order valence-corrected chi connectivity index (χ3v) is 3.84. The molecule has 17 heavy (non-hydrogen) atoms. The highest BCUT2D eigenvalue weighted by molar-refractivity contribution is 5.30. The smallest absolute Gasteiger partial charge is 0.203 e. The highest BCUT2D eigenvalue weighted by atomic mass is 15.2. The highest BCUT2D eigenvalue weighted by Gasteiger charge is 2.27. The van der Waals surface area contributed by atoms with Gasteiger partial charge in [-0.3, -0.25) is 0 Å². The average Bonchev–Trinajstić information content (AvgIpc) is 2.98. The van der Waals surface area contributed by atoms with Gasteiger partial charge in [0.05, 0.1) is 5.69 Å². The van der Waals surface area contributed by atoms with E-state index >= 15 is 0 Å². The minimum Gasteiger partial charge on any atom is -0.355 e. The van der Waals surface area contributed by atoms with E-state index in [9.17, 15) is 0 Å². The third-order valence-electron chi connectivity index (χ3n) is 3.84. The molecule has 1 aromatic rings. The van der Waals surface area contributed by atoms with Crippen LogP contribution in [-0.4, -0.2) is 16.1 Å². The van der Waals surface area contributed by atoms with Crippen LogP contribution in [0.4, 0.5) is 5.95 Å². The molecule has 1 aliphatic carbocycles. The second kappa shape index (κ2) is 4.35. The van der Waals surface area contributed by atoms with Crippen LogP contribution in [0.1, 0.15) is 52.3 Å². The molecule has 1 atom stereocenters. The zero-order valence-electron chi connectivity index (χ0n) is 11.7. The molecule has 3 heteroatoms. The van der Waals surface area contributed by atoms with Crippen molar-refractivity contribution >= 4 is 5.95 Å². The molecule has 1 aromatic heterocycles. The number of aryl methyl sites for hydroxylation is 1. The number of imidazole rings is 1. The Hall–Kier alpha value is -0.990. The molecule has 1 aliphatic rings. The molecule has 96 valence electrons. The Balaban J connectivity index is 1.99. The van der Waals surface area contributed by atoms with Crippen LogP contribution in [-0.2, 0) is 0 Å². The molecule has 0 radical (unpaired) electrons. The van der Waals surface area contributed by atoms with Crippen LogP contribution in [0.25, 0.3) is 0 Å². The summed E-state index contributed by atoms with van der Waals surface area (Å²) < 4.78 is 2.31. The van der Waals surface area contributed by atoms with E-state index < -0.39 is 0 Å². The minimum atomic E-state index is 0.346. The van der Waals surface area contributed by atoms with Crippen molar-refractivity contribution in [1.82, 2.24) is 9.55 Å². The maximum absolute atomic E-state index is 4.58. The van der Waals surface area contributed by atoms with E-state index in [2.05, 4.69) is 55.7 Å². The number of nitrogens with zero attached hydrogens (tertiary/aromatic N) is 2. The number of anilines is 1. The lowest BCUT2D eigenvalue weighted by Gasteiger charge is -2.27. The van der Waals surface area contributed by atoms with Gasteiger partial charge < -0.3 is 9.88 Å². The summed E-state index contributed by atoms with van der Waals surface area (Å²) >= 11 is 0. The van der Waals surface area contributed by atoms with Crippen LogP contribution in [0.3, 0.4) is 0 Å². The quantitative estimate of drug-likeness (QED) is 0.863. The first-order valence-corrected chi connectivity index (χ1v) is 6.67. The number of aromatic nitrogens is 2. The third kappa shape index (κ3) is 3.02. The molecule has 0 spiro atoms. The van der Waals surface area contributed by atoms with Gasteiger partial charge in [0.2, 0.25) is 5.95 Å². The Labute approximate surface area is 105 Å². The Morgan fingerprint density at radius 2 is 2.12 bits per heavy atom. The van der Waals surface area contributed by atoms with Gasteiger partial charge in [-0.15, -0.1) is 0 Å². The minimum absolute atomic E-state index is 0.346. The summed E-state index contributed by atoms with van der Waals surface area (Å²) in [7, 11) is 0. The van der Waals surface area contributed by atoms with Gasteiger partial charge in [-0.25, -0.2) is 4.98 Å². The fourth-order valence-corrected chi connectivity index (χ4v) is 1.83. The van der Waals surface area contributed by atoms with Crippen LogP contribution in [0, 0.1) is 18.3 Å². The highest BCUT2D eigenvalue weighted by Crippen LogP contribution is 2.37. The molecule has 0 aliphatic heterocycles. The molecule has 0 amide bonds. The van der Waals surface area contributed by atoms with E-state index in [0.717, 1.165) is 18.2 Å². The van der Waals surface area contributed by atoms with Crippen molar-refractivity contribution in [2.45, 2.75) is 53.5 Å². The molecule has 1 N–H and O–H groups in total. The Morgan fingerprint density at radius 3 is 2.65 bits per heavy atom. The van der Waals surface area contributed by atoms with E-state index in [-0.39, 0.29) is 0 Å². The molecular weight excluding hydrogens is 210 g/mol. The van der Waals surface area contributed by atoms with Crippen LogP contribution >= 0.6 is 0 Å². The molecule has 2 rings (SSSR count). The van der Waals surface area contributed by atoms with Crippen molar-refractivity contribution in [3.8, 4) is 0 Å². The van der Waals surface area contributed by atoms with Crippen molar-refractivity contribution < 1.29 is 0 Å². The monoisotopic (exact) mass is 235 g/mol. The summed E-state index contributed by atoms with van der Waals surface area (Å²) in [4.78, 5) is 4.58. The first-order chi connectivity index (χ1) is 7.88. The molecule has 0 aromatic carbocycles. The van der Waals surface area contributed by atoms with Crippen molar-refractivity contribution in [2.75, 3.05) is 11.9 Å². The van der Waals surface area contributed by atoms with Gasteiger partial charge >= 0.3 is 0 Å². The normalized spacial score (nSPS) is 18.2. The number of nitrogens with one attached hydrogen (secondary N) is 1. The van der Waals surface area contributed by atoms with Crippen LogP contribution in [0.5, 0.6) is 0 Å². The maximum atomic E-state index is 4.58. The Morgan fingerprint density at radius 1 is 1.47 bits per heavy atom. The Bertz CT molecular complexity index is 383. The lowest BCUT2D eigenvalue weighted by atomic mass is 9.82. The SMILES string of the molecule is Cc1cn(C2CC2)c(NCC(C)C(C)(C)C)n1. The topological polar surface area (TPSA) is 29.9 Å². The lowest BCUT2D eigenvalue weighted by Crippen LogP contribution is -2.25. The molecule has 3 nitrogen and oxygen atoms in total. The van der Waals surface area contributed by atoms with Gasteiger partial charge in [-0.2, -0.15) is 0 Å². The number of hydrogen-bond acceptors (Lipinski definition) is 2. The predicted molar refractivity (Wildman–Crippen MR) is 72.3 cm³/mol. The zero-order chi connectivity index (χ0) is 12.6. The standard InChI is InChI=1S/C14H25N3/c1-10(14(3,4)5)8-15-13-16-11(2)9-17(13)12-6-7-12/h9-10,12H,6-8H2,1-5H3,(H,15,16). The van der Waals surface area contributed by atoms with E-state index in [1.54, 1.807) is 0 Å². The van der Waals surface area contributed by atoms with Gasteiger partial charge in [-0.05, 0) is 31.1 Å². The lowest BCUT2D eigenvalue weighted by molar-refractivity contribution is 0.274. The van der Waals surface area contributed by atoms with Gasteiger partial charge in [-0.1, -0.05) is 27.7 Å². The largest absolute Gasteiger partial charge is 0.355 e. The molecule has 1 unspecified atom stereocenters. The van der Waals surface area contributed by atoms with Crippen molar-refractivity contribution in [3.05, 3.63) is 11.9 Å². The van der Waals surface area contributed by atoms with Gasteiger partial charge in [0.15, 0.2) is 0 Å². The van der Waals surface area contributed by atoms with E-state index in [4.69, 9.17) is 0 Å². The predicted octanol–water partition coefficient (Wildman–Crippen LogP) is 3.62. The second-order valence-electron chi connectivity index (χ2n) is 6.49. The van der Waals surface area contributed by atoms with Crippen molar-refractivity contribution in [1.29, 1.82) is 0 Å². The van der Waals surface area contributed by atoms with Crippen LogP contribution in [0.2, 0.25) is 0 Å². The van der Waals surface area contributed by atoms with Crippen molar-refractivity contribution in [2.24, 2.45) is 11.3 Å². The average molecular weight is 235 g/mol. The molecule has 0 saturated heterocycles. The van der Waals surface area contributed by atoms with E-state index in [1.165, 1.54) is 12.8 Å². The molecular formula is C14H25N3. The summed E-state index contributed by atoms with van der Waals surface area (Å²) in [6.07, 6.45) is 4.78. The summed E-state index contributed by atoms with van der Waals surface area (Å²) in [6, 6.07) is 0.698. The van der Waals surface area contributed by atoms with Gasteiger partial charge in [0.1, 0.15) is 0 Å². The fourth-order valence-electron chi connectivity index (χ4n) is 1.83. The Kier molecular flexibility index (Phi) is 3.19. The van der Waals surface area contributed by atoms with E-state index in [1.807, 2.05) is 0 Å². The van der Waals surface area contributed by atoms with Crippen LogP contribution < -0.4 is 5.32 Å². The summed E-state index contributed by atoms with van der Waals surface area (Å²) in [5.41, 5.74) is 1.46. The summed E-state index contributed by atoms with van der Waals surface area (Å²) in [6.45, 7) is 12.2. The van der Waals surface area contributed by atoms with Gasteiger partial charge in [0, 0.05) is 18.8 Å². The second-order valence-corrected chi connectivity index (χ2v) is 6.49. The first kappa shape index (κ1) is 12.5. The molecule has 1 saturated carbocycles. The summed E-state index contributed by atoms with van der Waals surface area (Å²) in [5.74, 6) is 1.69. The molecule has 0 bridgehead atoms. The van der Waals surface area contributed by atoms with E-state index in [0.29, 0.717) is 17.4 Å². The number of hydrogen-bond donors (Lipinski definition) is 1. The molecule has 1 heterocycles. The summed E-state index contributed by atoms with van der Waals surface area (Å²) in [5, 5.41) is 3.51. The fraction of sp³-hybridized carbons (Fsp3) is 0.786. The zero-order valence-corrected chi connectivity index (χ0v) is 11.7. The first-order valence-electron chi connectivity index (χ1n) is 6.67. The molecule has 1 fully saturated rings. The maximum Gasteiger partial charge on any atom is 0.203 e.